The van der Waals surface area contributed by atoms with E-state index in [1.807, 2.05) is 7.05 Å². The number of amides is 2. The molecule has 0 aromatic rings. The highest BCUT2D eigenvalue weighted by Gasteiger charge is 2.44. The van der Waals surface area contributed by atoms with Crippen LogP contribution in [-0.2, 0) is 9.59 Å². The van der Waals surface area contributed by atoms with E-state index >= 15 is 0 Å². The van der Waals surface area contributed by atoms with Crippen molar-refractivity contribution in [1.29, 1.82) is 0 Å². The van der Waals surface area contributed by atoms with E-state index in [4.69, 9.17) is 0 Å². The van der Waals surface area contributed by atoms with Crippen LogP contribution in [0.25, 0.3) is 0 Å². The second-order valence-electron chi connectivity index (χ2n) is 6.21. The fraction of sp³-hybridized carbons (Fsp3) is 0.733. The third-order valence-corrected chi connectivity index (χ3v) is 5.13. The number of nitrogens with one attached hydrogen (secondary N) is 1. The van der Waals surface area contributed by atoms with E-state index in [-0.39, 0.29) is 23.1 Å². The summed E-state index contributed by atoms with van der Waals surface area (Å²) in [5.74, 6) is 0.661. The third-order valence-electron chi connectivity index (χ3n) is 5.13. The van der Waals surface area contributed by atoms with Crippen LogP contribution in [0.3, 0.4) is 0 Å². The van der Waals surface area contributed by atoms with Gasteiger partial charge in [-0.05, 0) is 32.1 Å². The molecule has 1 N–H and O–H groups in total. The van der Waals surface area contributed by atoms with Gasteiger partial charge in [0.05, 0.1) is 0 Å². The van der Waals surface area contributed by atoms with Crippen molar-refractivity contribution in [2.75, 3.05) is 13.6 Å². The second kappa shape index (κ2) is 4.66. The summed E-state index contributed by atoms with van der Waals surface area (Å²) in [5.41, 5.74) is 1.15. The number of likely N-dealkylation sites (tertiary alicyclic amines) is 1. The molecule has 1 unspecified atom stereocenters. The minimum Gasteiger partial charge on any atom is -0.355 e. The van der Waals surface area contributed by atoms with Crippen LogP contribution in [0.4, 0.5) is 0 Å². The summed E-state index contributed by atoms with van der Waals surface area (Å²) in [5, 5.41) is 3.13. The summed E-state index contributed by atoms with van der Waals surface area (Å²) in [6.45, 7) is 0.700. The molecule has 1 saturated carbocycles. The maximum absolute atomic E-state index is 12.0. The van der Waals surface area contributed by atoms with Gasteiger partial charge in [0, 0.05) is 37.0 Å². The van der Waals surface area contributed by atoms with Crippen molar-refractivity contribution in [3.63, 3.8) is 0 Å². The predicted octanol–water partition coefficient (Wildman–Crippen LogP) is 1.82. The zero-order valence-electron chi connectivity index (χ0n) is 11.6. The molecule has 1 atom stereocenters. The molecular weight excluding hydrogens is 240 g/mol. The Labute approximate surface area is 114 Å². The Bertz CT molecular complexity index is 439. The van der Waals surface area contributed by atoms with Gasteiger partial charge in [0.1, 0.15) is 0 Å². The highest BCUT2D eigenvalue weighted by Crippen LogP contribution is 2.47. The Kier molecular flexibility index (Phi) is 3.11. The van der Waals surface area contributed by atoms with Crippen LogP contribution in [0.1, 0.15) is 44.9 Å². The Balaban J connectivity index is 1.66. The fourth-order valence-corrected chi connectivity index (χ4v) is 3.56. The van der Waals surface area contributed by atoms with Gasteiger partial charge in [0.25, 0.3) is 0 Å². The van der Waals surface area contributed by atoms with Crippen molar-refractivity contribution in [2.45, 2.75) is 44.9 Å². The highest BCUT2D eigenvalue weighted by atomic mass is 16.2. The second-order valence-corrected chi connectivity index (χ2v) is 6.21. The van der Waals surface area contributed by atoms with E-state index in [0.29, 0.717) is 13.0 Å². The summed E-state index contributed by atoms with van der Waals surface area (Å²) in [4.78, 5) is 25.6. The zero-order valence-corrected chi connectivity index (χ0v) is 11.6. The van der Waals surface area contributed by atoms with E-state index in [2.05, 4.69) is 11.4 Å². The molecule has 3 rings (SSSR count). The average molecular weight is 262 g/mol. The lowest BCUT2D eigenvalue weighted by Gasteiger charge is -2.41. The van der Waals surface area contributed by atoms with Crippen molar-refractivity contribution in [2.24, 2.45) is 11.3 Å². The van der Waals surface area contributed by atoms with Gasteiger partial charge in [-0.15, -0.1) is 0 Å². The van der Waals surface area contributed by atoms with E-state index < -0.39 is 0 Å². The number of allylic oxidation sites excluding steroid dienone is 1. The summed E-state index contributed by atoms with van der Waals surface area (Å²) in [6, 6.07) is 0. The van der Waals surface area contributed by atoms with Crippen LogP contribution in [0, 0.1) is 11.3 Å². The molecule has 4 heteroatoms. The molecule has 0 radical (unpaired) electrons. The molecule has 1 saturated heterocycles. The Hall–Kier alpha value is -1.32. The van der Waals surface area contributed by atoms with Crippen LogP contribution < -0.4 is 5.32 Å². The van der Waals surface area contributed by atoms with Crippen molar-refractivity contribution in [3.8, 4) is 0 Å². The van der Waals surface area contributed by atoms with Crippen LogP contribution in [-0.4, -0.2) is 30.3 Å². The van der Waals surface area contributed by atoms with Crippen molar-refractivity contribution < 1.29 is 9.59 Å². The first-order chi connectivity index (χ1) is 9.12. The summed E-state index contributed by atoms with van der Waals surface area (Å²) >= 11 is 0. The molecule has 0 aromatic carbocycles. The minimum absolute atomic E-state index is 0.0159. The zero-order chi connectivity index (χ0) is 13.5. The molecule has 2 fully saturated rings. The number of carbonyl (C=O) groups excluding carboxylic acids is 2. The Morgan fingerprint density at radius 2 is 2.26 bits per heavy atom. The van der Waals surface area contributed by atoms with Crippen molar-refractivity contribution in [1.82, 2.24) is 10.2 Å². The predicted molar refractivity (Wildman–Crippen MR) is 72.1 cm³/mol. The quantitative estimate of drug-likeness (QED) is 0.843. The standard InChI is InChI=1S/C15H22N2O2/c1-17-12-6-3-8-15(12,9-7-13(17)18)10-16-14(19)11-4-2-5-11/h6,11H,2-5,7-10H2,1H3,(H,16,19). The number of nitrogens with zero attached hydrogens (tertiary/aromatic N) is 1. The molecule has 0 bridgehead atoms. The monoisotopic (exact) mass is 262 g/mol. The number of hydrogen-bond acceptors (Lipinski definition) is 2. The van der Waals surface area contributed by atoms with Crippen LogP contribution in [0.15, 0.2) is 11.8 Å². The largest absolute Gasteiger partial charge is 0.355 e. The molecule has 0 spiro atoms. The topological polar surface area (TPSA) is 49.4 Å². The minimum atomic E-state index is 0.0159. The number of carbonyl (C=O) groups is 2. The highest BCUT2D eigenvalue weighted by molar-refractivity contribution is 5.81. The average Bonchev–Trinajstić information content (AvgIpc) is 2.75. The molecule has 19 heavy (non-hydrogen) atoms. The lowest BCUT2D eigenvalue weighted by Crippen LogP contribution is -2.48. The smallest absolute Gasteiger partial charge is 0.226 e. The molecular formula is C15H22N2O2. The lowest BCUT2D eigenvalue weighted by molar-refractivity contribution is -0.132. The Morgan fingerprint density at radius 3 is 2.95 bits per heavy atom. The molecule has 2 aliphatic carbocycles. The van der Waals surface area contributed by atoms with Gasteiger partial charge in [0.2, 0.25) is 11.8 Å². The molecule has 2 amide bonds. The van der Waals surface area contributed by atoms with Gasteiger partial charge in [-0.1, -0.05) is 12.5 Å². The van der Waals surface area contributed by atoms with E-state index in [1.165, 1.54) is 6.42 Å². The maximum Gasteiger partial charge on any atom is 0.226 e. The summed E-state index contributed by atoms with van der Waals surface area (Å²) < 4.78 is 0. The lowest BCUT2D eigenvalue weighted by atomic mass is 9.76. The van der Waals surface area contributed by atoms with Gasteiger partial charge in [-0.3, -0.25) is 9.59 Å². The molecule has 1 heterocycles. The third kappa shape index (κ3) is 2.07. The molecule has 0 aromatic heterocycles. The summed E-state index contributed by atoms with van der Waals surface area (Å²) in [7, 11) is 1.86. The van der Waals surface area contributed by atoms with Gasteiger partial charge < -0.3 is 10.2 Å². The molecule has 4 nitrogen and oxygen atoms in total. The van der Waals surface area contributed by atoms with Crippen LogP contribution >= 0.6 is 0 Å². The first kappa shape index (κ1) is 12.7. The van der Waals surface area contributed by atoms with E-state index in [0.717, 1.165) is 37.8 Å². The first-order valence-corrected chi connectivity index (χ1v) is 7.37. The van der Waals surface area contributed by atoms with Crippen LogP contribution in [0.2, 0.25) is 0 Å². The van der Waals surface area contributed by atoms with Gasteiger partial charge >= 0.3 is 0 Å². The number of fused-ring (bicyclic) bond motifs is 1. The molecule has 3 aliphatic rings. The molecule has 104 valence electrons. The first-order valence-electron chi connectivity index (χ1n) is 7.37. The molecule has 1 aliphatic heterocycles. The van der Waals surface area contributed by atoms with Gasteiger partial charge in [-0.25, -0.2) is 0 Å². The normalized spacial score (nSPS) is 30.7. The van der Waals surface area contributed by atoms with Gasteiger partial charge in [-0.2, -0.15) is 0 Å². The van der Waals surface area contributed by atoms with Crippen molar-refractivity contribution >= 4 is 11.8 Å². The number of hydrogen-bond donors (Lipinski definition) is 1. The van der Waals surface area contributed by atoms with E-state index in [9.17, 15) is 9.59 Å². The number of rotatable bonds is 3. The van der Waals surface area contributed by atoms with Crippen LogP contribution in [0.5, 0.6) is 0 Å². The Morgan fingerprint density at radius 1 is 1.47 bits per heavy atom. The van der Waals surface area contributed by atoms with Gasteiger partial charge in [0.15, 0.2) is 0 Å². The maximum atomic E-state index is 12.0. The van der Waals surface area contributed by atoms with Crippen molar-refractivity contribution in [3.05, 3.63) is 11.8 Å². The SMILES string of the molecule is CN1C(=O)CCC2(CNC(=O)C3CCC3)CCC=C12. The summed E-state index contributed by atoms with van der Waals surface area (Å²) in [6.07, 6.45) is 9.01. The number of piperidine rings is 1. The van der Waals surface area contributed by atoms with E-state index in [1.54, 1.807) is 4.90 Å². The fourth-order valence-electron chi connectivity index (χ4n) is 3.56.